The Labute approximate surface area is 158 Å². The summed E-state index contributed by atoms with van der Waals surface area (Å²) in [5.74, 6) is 0.598. The highest BCUT2D eigenvalue weighted by atomic mass is 16.2. The second-order valence-electron chi connectivity index (χ2n) is 7.56. The summed E-state index contributed by atoms with van der Waals surface area (Å²) in [5.41, 5.74) is 1.75. The van der Waals surface area contributed by atoms with E-state index >= 15 is 0 Å². The lowest BCUT2D eigenvalue weighted by Gasteiger charge is -2.36. The molecule has 1 N–H and O–H groups in total. The van der Waals surface area contributed by atoms with Crippen molar-refractivity contribution in [1.82, 2.24) is 25.0 Å². The average molecular weight is 367 g/mol. The third kappa shape index (κ3) is 4.02. The summed E-state index contributed by atoms with van der Waals surface area (Å²) in [6.07, 6.45) is 11.3. The van der Waals surface area contributed by atoms with Crippen molar-refractivity contribution in [2.45, 2.75) is 38.1 Å². The Kier molecular flexibility index (Phi) is 5.18. The van der Waals surface area contributed by atoms with Crippen LogP contribution in [0.3, 0.4) is 0 Å². The minimum absolute atomic E-state index is 0.0225. The van der Waals surface area contributed by atoms with E-state index in [1.807, 2.05) is 16.0 Å². The molecule has 142 valence electrons. The number of fused-ring (bicyclic) bond motifs is 4. The van der Waals surface area contributed by atoms with Gasteiger partial charge in [0.1, 0.15) is 0 Å². The Morgan fingerprint density at radius 2 is 2.11 bits per heavy atom. The number of piperidine rings is 1. The number of pyridine rings is 1. The molecule has 5 heterocycles. The highest BCUT2D eigenvalue weighted by Gasteiger charge is 2.38. The molecule has 2 aromatic rings. The van der Waals surface area contributed by atoms with E-state index in [1.165, 1.54) is 0 Å². The highest BCUT2D eigenvalue weighted by molar-refractivity contribution is 5.94. The van der Waals surface area contributed by atoms with Crippen LogP contribution in [0.1, 0.15) is 41.6 Å². The molecule has 2 bridgehead atoms. The van der Waals surface area contributed by atoms with Crippen molar-refractivity contribution in [2.75, 3.05) is 19.6 Å². The second-order valence-corrected chi connectivity index (χ2v) is 7.56. The predicted octanol–water partition coefficient (Wildman–Crippen LogP) is 1.89. The molecule has 3 saturated heterocycles. The van der Waals surface area contributed by atoms with Gasteiger partial charge in [0.05, 0.1) is 11.8 Å². The molecule has 2 amide bonds. The molecule has 0 unspecified atom stereocenters. The topological polar surface area (TPSA) is 82.2 Å². The summed E-state index contributed by atoms with van der Waals surface area (Å²) in [6, 6.07) is 3.72. The van der Waals surface area contributed by atoms with E-state index in [4.69, 9.17) is 0 Å². The van der Waals surface area contributed by atoms with E-state index in [1.54, 1.807) is 30.7 Å². The van der Waals surface area contributed by atoms with Crippen molar-refractivity contribution in [3.05, 3.63) is 48.0 Å². The maximum Gasteiger partial charge on any atom is 0.255 e. The van der Waals surface area contributed by atoms with Crippen molar-refractivity contribution in [1.29, 1.82) is 0 Å². The number of H-pyrrole nitrogens is 1. The number of aromatic nitrogens is 3. The fourth-order valence-corrected chi connectivity index (χ4v) is 4.23. The molecule has 27 heavy (non-hydrogen) atoms. The summed E-state index contributed by atoms with van der Waals surface area (Å²) in [4.78, 5) is 33.6. The Morgan fingerprint density at radius 1 is 1.19 bits per heavy atom. The predicted molar refractivity (Wildman–Crippen MR) is 99.9 cm³/mol. The van der Waals surface area contributed by atoms with Gasteiger partial charge in [0.2, 0.25) is 5.91 Å². The maximum atomic E-state index is 12.8. The van der Waals surface area contributed by atoms with E-state index in [0.29, 0.717) is 24.4 Å². The number of nitrogens with zero attached hydrogens (tertiary/aromatic N) is 4. The Hall–Kier alpha value is -2.70. The summed E-state index contributed by atoms with van der Waals surface area (Å²) in [6.45, 7) is 2.12. The van der Waals surface area contributed by atoms with Gasteiger partial charge in [-0.05, 0) is 49.3 Å². The zero-order valence-electron chi connectivity index (χ0n) is 15.4. The molecule has 0 spiro atoms. The van der Waals surface area contributed by atoms with Crippen LogP contribution in [0.2, 0.25) is 0 Å². The summed E-state index contributed by atoms with van der Waals surface area (Å²) >= 11 is 0. The van der Waals surface area contributed by atoms with E-state index in [-0.39, 0.29) is 17.9 Å². The van der Waals surface area contributed by atoms with Gasteiger partial charge in [0, 0.05) is 50.7 Å². The van der Waals surface area contributed by atoms with Crippen LogP contribution in [-0.2, 0) is 11.2 Å². The fraction of sp³-hybridized carbons (Fsp3) is 0.500. The quantitative estimate of drug-likeness (QED) is 0.875. The van der Waals surface area contributed by atoms with Gasteiger partial charge in [-0.2, -0.15) is 5.10 Å². The molecule has 2 aromatic heterocycles. The number of carbonyl (C=O) groups excluding carboxylic acids is 2. The highest BCUT2D eigenvalue weighted by Crippen LogP contribution is 2.29. The molecular formula is C20H25N5O2. The molecule has 0 aromatic carbocycles. The largest absolute Gasteiger partial charge is 0.338 e. The lowest BCUT2D eigenvalue weighted by Crippen LogP contribution is -2.47. The van der Waals surface area contributed by atoms with Crippen LogP contribution in [0.15, 0.2) is 36.9 Å². The monoisotopic (exact) mass is 367 g/mol. The smallest absolute Gasteiger partial charge is 0.255 e. The number of aryl methyl sites for hydroxylation is 1. The molecule has 3 aliphatic heterocycles. The summed E-state index contributed by atoms with van der Waals surface area (Å²) < 4.78 is 0. The third-order valence-electron chi connectivity index (χ3n) is 5.64. The average Bonchev–Trinajstić information content (AvgIpc) is 3.05. The lowest BCUT2D eigenvalue weighted by molar-refractivity contribution is -0.135. The molecule has 3 aliphatic rings. The number of nitrogens with one attached hydrogen (secondary N) is 1. The molecule has 3 fully saturated rings. The second kappa shape index (κ2) is 7.90. The Balaban J connectivity index is 1.37. The first-order chi connectivity index (χ1) is 13.2. The third-order valence-corrected chi connectivity index (χ3v) is 5.64. The first kappa shape index (κ1) is 17.7. The van der Waals surface area contributed by atoms with Crippen molar-refractivity contribution >= 4 is 11.8 Å². The Morgan fingerprint density at radius 3 is 2.89 bits per heavy atom. The molecule has 2 atom stereocenters. The first-order valence-corrected chi connectivity index (χ1v) is 9.67. The first-order valence-electron chi connectivity index (χ1n) is 9.67. The molecule has 5 rings (SSSR count). The SMILES string of the molecule is O=C(c1cccnc1)N1C[C@@H]2CC[C@H](C1)N(C(=O)CCCc1cn[nH]c1)C2. The number of hydrogen-bond acceptors (Lipinski definition) is 4. The van der Waals surface area contributed by atoms with E-state index in [2.05, 4.69) is 15.2 Å². The van der Waals surface area contributed by atoms with Crippen LogP contribution >= 0.6 is 0 Å². The van der Waals surface area contributed by atoms with Gasteiger partial charge in [-0.3, -0.25) is 19.7 Å². The van der Waals surface area contributed by atoms with Crippen molar-refractivity contribution in [2.24, 2.45) is 5.92 Å². The van der Waals surface area contributed by atoms with Gasteiger partial charge in [0.15, 0.2) is 0 Å². The van der Waals surface area contributed by atoms with E-state index < -0.39 is 0 Å². The Bertz CT molecular complexity index is 777. The van der Waals surface area contributed by atoms with E-state index in [0.717, 1.165) is 44.3 Å². The molecule has 0 saturated carbocycles. The zero-order valence-corrected chi connectivity index (χ0v) is 15.4. The van der Waals surface area contributed by atoms with Gasteiger partial charge >= 0.3 is 0 Å². The van der Waals surface area contributed by atoms with Crippen molar-refractivity contribution in [3.63, 3.8) is 0 Å². The molecule has 7 heteroatoms. The molecule has 0 radical (unpaired) electrons. The number of rotatable bonds is 5. The number of hydrogen-bond donors (Lipinski definition) is 1. The zero-order chi connectivity index (χ0) is 18.6. The van der Waals surface area contributed by atoms with Crippen LogP contribution in [0.5, 0.6) is 0 Å². The number of carbonyl (C=O) groups is 2. The van der Waals surface area contributed by atoms with Crippen LogP contribution in [0.4, 0.5) is 0 Å². The standard InChI is InChI=1S/C20H25N5O2/c26-19(5-1-3-15-9-22-23-10-15)25-13-16-6-7-18(25)14-24(12-16)20(27)17-4-2-8-21-11-17/h2,4,8-11,16,18H,1,3,5-7,12-14H2,(H,22,23)/t16-,18+/m0/s1. The van der Waals surface area contributed by atoms with Crippen LogP contribution in [0, 0.1) is 5.92 Å². The molecule has 0 aliphatic carbocycles. The lowest BCUT2D eigenvalue weighted by atomic mass is 9.94. The van der Waals surface area contributed by atoms with Crippen LogP contribution < -0.4 is 0 Å². The normalized spacial score (nSPS) is 21.9. The van der Waals surface area contributed by atoms with Crippen LogP contribution in [-0.4, -0.2) is 62.5 Å². The summed E-state index contributed by atoms with van der Waals surface area (Å²) in [5, 5.41) is 6.74. The van der Waals surface area contributed by atoms with Gasteiger partial charge in [-0.15, -0.1) is 0 Å². The van der Waals surface area contributed by atoms with Crippen molar-refractivity contribution in [3.8, 4) is 0 Å². The molecule has 7 nitrogen and oxygen atoms in total. The van der Waals surface area contributed by atoms with Gasteiger partial charge in [-0.25, -0.2) is 0 Å². The van der Waals surface area contributed by atoms with Gasteiger partial charge in [0.25, 0.3) is 5.91 Å². The molecular weight excluding hydrogens is 342 g/mol. The number of aromatic amines is 1. The van der Waals surface area contributed by atoms with Gasteiger partial charge in [-0.1, -0.05) is 0 Å². The fourth-order valence-electron chi connectivity index (χ4n) is 4.23. The van der Waals surface area contributed by atoms with E-state index in [9.17, 15) is 9.59 Å². The van der Waals surface area contributed by atoms with Gasteiger partial charge < -0.3 is 9.80 Å². The minimum atomic E-state index is 0.0225. The minimum Gasteiger partial charge on any atom is -0.338 e. The van der Waals surface area contributed by atoms with Crippen LogP contribution in [0.25, 0.3) is 0 Å². The number of amides is 2. The van der Waals surface area contributed by atoms with Crippen molar-refractivity contribution < 1.29 is 9.59 Å². The maximum absolute atomic E-state index is 12.8. The summed E-state index contributed by atoms with van der Waals surface area (Å²) in [7, 11) is 0.